The predicted molar refractivity (Wildman–Crippen MR) is 73.7 cm³/mol. The Balaban J connectivity index is 2.20. The third kappa shape index (κ3) is 2.84. The van der Waals surface area contributed by atoms with Gasteiger partial charge in [0.15, 0.2) is 0 Å². The Morgan fingerprint density at radius 3 is 2.37 bits per heavy atom. The Hall–Kier alpha value is -1.68. The van der Waals surface area contributed by atoms with E-state index in [9.17, 15) is 9.59 Å². The SMILES string of the molecule is Cc1ccc(C2CC(=O)N(CCN)C(=O)C2)c(C)c1. The molecule has 0 spiro atoms. The van der Waals surface area contributed by atoms with Crippen molar-refractivity contribution in [2.45, 2.75) is 32.6 Å². The van der Waals surface area contributed by atoms with E-state index in [2.05, 4.69) is 6.07 Å². The Morgan fingerprint density at radius 2 is 1.84 bits per heavy atom. The minimum atomic E-state index is -0.105. The molecule has 102 valence electrons. The van der Waals surface area contributed by atoms with Crippen LogP contribution in [0.3, 0.4) is 0 Å². The molecule has 2 N–H and O–H groups in total. The van der Waals surface area contributed by atoms with Gasteiger partial charge in [-0.1, -0.05) is 23.8 Å². The van der Waals surface area contributed by atoms with Gasteiger partial charge < -0.3 is 5.73 Å². The fraction of sp³-hybridized carbons (Fsp3) is 0.467. The van der Waals surface area contributed by atoms with Crippen molar-refractivity contribution in [1.82, 2.24) is 4.90 Å². The summed E-state index contributed by atoms with van der Waals surface area (Å²) in [5.74, 6) is -0.201. The van der Waals surface area contributed by atoms with Crippen molar-refractivity contribution >= 4 is 11.8 Å². The number of carbonyl (C=O) groups excluding carboxylic acids is 2. The second-order valence-electron chi connectivity index (χ2n) is 5.19. The molecule has 19 heavy (non-hydrogen) atoms. The van der Waals surface area contributed by atoms with Crippen LogP contribution in [-0.2, 0) is 9.59 Å². The molecule has 4 nitrogen and oxygen atoms in total. The fourth-order valence-corrected chi connectivity index (χ4v) is 2.74. The Morgan fingerprint density at radius 1 is 1.21 bits per heavy atom. The number of hydrogen-bond donors (Lipinski definition) is 1. The average Bonchev–Trinajstić information content (AvgIpc) is 2.33. The van der Waals surface area contributed by atoms with E-state index in [1.54, 1.807) is 0 Å². The van der Waals surface area contributed by atoms with Gasteiger partial charge in [-0.25, -0.2) is 0 Å². The molecule has 1 heterocycles. The number of benzene rings is 1. The molecule has 0 atom stereocenters. The molecule has 1 aliphatic heterocycles. The summed E-state index contributed by atoms with van der Waals surface area (Å²) in [5, 5.41) is 0. The first-order chi connectivity index (χ1) is 9.02. The van der Waals surface area contributed by atoms with E-state index in [1.165, 1.54) is 10.5 Å². The number of imide groups is 1. The molecule has 0 bridgehead atoms. The monoisotopic (exact) mass is 260 g/mol. The number of piperidine rings is 1. The molecule has 0 aliphatic carbocycles. The van der Waals surface area contributed by atoms with Crippen molar-refractivity contribution in [3.05, 3.63) is 34.9 Å². The summed E-state index contributed by atoms with van der Waals surface area (Å²) in [5.41, 5.74) is 8.88. The van der Waals surface area contributed by atoms with E-state index in [0.717, 1.165) is 11.1 Å². The number of aryl methyl sites for hydroxylation is 2. The molecule has 1 saturated heterocycles. The molecule has 2 amide bonds. The lowest BCUT2D eigenvalue weighted by atomic mass is 9.85. The molecule has 1 aromatic carbocycles. The summed E-state index contributed by atoms with van der Waals surface area (Å²) in [7, 11) is 0. The van der Waals surface area contributed by atoms with E-state index in [1.807, 2.05) is 26.0 Å². The normalized spacial score (nSPS) is 17.1. The van der Waals surface area contributed by atoms with Crippen LogP contribution in [0, 0.1) is 13.8 Å². The van der Waals surface area contributed by atoms with Gasteiger partial charge in [0.25, 0.3) is 0 Å². The first kappa shape index (κ1) is 13.7. The molecule has 2 rings (SSSR count). The maximum absolute atomic E-state index is 12.0. The van der Waals surface area contributed by atoms with Crippen LogP contribution in [0.15, 0.2) is 18.2 Å². The molecule has 0 aromatic heterocycles. The van der Waals surface area contributed by atoms with E-state index in [-0.39, 0.29) is 17.7 Å². The van der Waals surface area contributed by atoms with Crippen LogP contribution in [-0.4, -0.2) is 29.8 Å². The molecule has 4 heteroatoms. The van der Waals surface area contributed by atoms with Crippen molar-refractivity contribution in [2.75, 3.05) is 13.1 Å². The second kappa shape index (κ2) is 5.53. The lowest BCUT2D eigenvalue weighted by Crippen LogP contribution is -2.45. The lowest BCUT2D eigenvalue weighted by molar-refractivity contribution is -0.148. The van der Waals surface area contributed by atoms with Crippen LogP contribution >= 0.6 is 0 Å². The number of amides is 2. The molecular formula is C15H20N2O2. The highest BCUT2D eigenvalue weighted by molar-refractivity contribution is 5.98. The Labute approximate surface area is 113 Å². The standard InChI is InChI=1S/C15H20N2O2/c1-10-3-4-13(11(2)7-10)12-8-14(18)17(6-5-16)15(19)9-12/h3-4,7,12H,5-6,8-9,16H2,1-2H3. The molecular weight excluding hydrogens is 240 g/mol. The van der Waals surface area contributed by atoms with Crippen LogP contribution in [0.25, 0.3) is 0 Å². The molecule has 1 aliphatic rings. The maximum atomic E-state index is 12.0. The van der Waals surface area contributed by atoms with Crippen molar-refractivity contribution < 1.29 is 9.59 Å². The quantitative estimate of drug-likeness (QED) is 0.838. The van der Waals surface area contributed by atoms with Gasteiger partial charge in [-0.15, -0.1) is 0 Å². The number of rotatable bonds is 3. The third-order valence-corrected chi connectivity index (χ3v) is 3.66. The van der Waals surface area contributed by atoms with Crippen LogP contribution in [0.2, 0.25) is 0 Å². The highest BCUT2D eigenvalue weighted by Gasteiger charge is 2.33. The summed E-state index contributed by atoms with van der Waals surface area (Å²) in [6.45, 7) is 4.73. The van der Waals surface area contributed by atoms with E-state index < -0.39 is 0 Å². The van der Waals surface area contributed by atoms with Gasteiger partial charge in [0.2, 0.25) is 11.8 Å². The summed E-state index contributed by atoms with van der Waals surface area (Å²) >= 11 is 0. The summed E-state index contributed by atoms with van der Waals surface area (Å²) in [6.07, 6.45) is 0.797. The largest absolute Gasteiger partial charge is 0.329 e. The van der Waals surface area contributed by atoms with Crippen LogP contribution in [0.5, 0.6) is 0 Å². The molecule has 1 fully saturated rings. The molecule has 0 unspecified atom stereocenters. The van der Waals surface area contributed by atoms with E-state index >= 15 is 0 Å². The zero-order chi connectivity index (χ0) is 14.0. The maximum Gasteiger partial charge on any atom is 0.229 e. The van der Waals surface area contributed by atoms with Crippen LogP contribution in [0.1, 0.15) is 35.4 Å². The minimum absolute atomic E-state index is 0.00891. The van der Waals surface area contributed by atoms with Gasteiger partial charge >= 0.3 is 0 Å². The van der Waals surface area contributed by atoms with Gasteiger partial charge in [0.1, 0.15) is 0 Å². The second-order valence-corrected chi connectivity index (χ2v) is 5.19. The number of carbonyl (C=O) groups is 2. The zero-order valence-corrected chi connectivity index (χ0v) is 11.5. The lowest BCUT2D eigenvalue weighted by Gasteiger charge is -2.30. The van der Waals surface area contributed by atoms with Gasteiger partial charge in [0, 0.05) is 31.8 Å². The van der Waals surface area contributed by atoms with Gasteiger partial charge in [0.05, 0.1) is 0 Å². The first-order valence-corrected chi connectivity index (χ1v) is 6.63. The predicted octanol–water partition coefficient (Wildman–Crippen LogP) is 1.49. The fourth-order valence-electron chi connectivity index (χ4n) is 2.74. The average molecular weight is 260 g/mol. The molecule has 0 saturated carbocycles. The van der Waals surface area contributed by atoms with Gasteiger partial charge in [-0.3, -0.25) is 14.5 Å². The minimum Gasteiger partial charge on any atom is -0.329 e. The highest BCUT2D eigenvalue weighted by Crippen LogP contribution is 2.31. The number of likely N-dealkylation sites (tertiary alicyclic amines) is 1. The summed E-state index contributed by atoms with van der Waals surface area (Å²) in [4.78, 5) is 25.3. The van der Waals surface area contributed by atoms with Crippen molar-refractivity contribution in [2.24, 2.45) is 5.73 Å². The summed E-state index contributed by atoms with van der Waals surface area (Å²) < 4.78 is 0. The highest BCUT2D eigenvalue weighted by atomic mass is 16.2. The number of hydrogen-bond acceptors (Lipinski definition) is 3. The van der Waals surface area contributed by atoms with E-state index in [4.69, 9.17) is 5.73 Å². The first-order valence-electron chi connectivity index (χ1n) is 6.63. The number of nitrogens with zero attached hydrogens (tertiary/aromatic N) is 1. The van der Waals surface area contributed by atoms with Crippen molar-refractivity contribution in [1.29, 1.82) is 0 Å². The topological polar surface area (TPSA) is 63.4 Å². The zero-order valence-electron chi connectivity index (χ0n) is 11.5. The molecule has 1 aromatic rings. The van der Waals surface area contributed by atoms with Crippen molar-refractivity contribution in [3.63, 3.8) is 0 Å². The Kier molecular flexibility index (Phi) is 4.00. The van der Waals surface area contributed by atoms with Gasteiger partial charge in [-0.2, -0.15) is 0 Å². The smallest absolute Gasteiger partial charge is 0.229 e. The summed E-state index contributed by atoms with van der Waals surface area (Å²) in [6, 6.07) is 6.16. The third-order valence-electron chi connectivity index (χ3n) is 3.66. The Bertz CT molecular complexity index is 493. The number of nitrogens with two attached hydrogens (primary N) is 1. The molecule has 0 radical (unpaired) electrons. The van der Waals surface area contributed by atoms with Crippen LogP contribution in [0.4, 0.5) is 0 Å². The van der Waals surface area contributed by atoms with Crippen LogP contribution < -0.4 is 5.73 Å². The van der Waals surface area contributed by atoms with Gasteiger partial charge in [-0.05, 0) is 25.0 Å². The van der Waals surface area contributed by atoms with Crippen molar-refractivity contribution in [3.8, 4) is 0 Å². The van der Waals surface area contributed by atoms with E-state index in [0.29, 0.717) is 25.9 Å².